The number of nitrogens with one attached hydrogen (secondary N) is 2. The molecular formula is C21H39N2O4P. The van der Waals surface area contributed by atoms with E-state index in [9.17, 15) is 9.59 Å². The zero-order valence-corrected chi connectivity index (χ0v) is 19.4. The van der Waals surface area contributed by atoms with Crippen LogP contribution in [0.4, 0.5) is 0 Å². The molecular weight excluding hydrogens is 375 g/mol. The van der Waals surface area contributed by atoms with E-state index in [-0.39, 0.29) is 24.6 Å². The first kappa shape index (κ1) is 28.9. The second kappa shape index (κ2) is 20.4. The van der Waals surface area contributed by atoms with Crippen molar-refractivity contribution in [3.05, 3.63) is 35.4 Å². The number of hydrogen-bond donors (Lipinski definition) is 2. The molecule has 0 spiro atoms. The van der Waals surface area contributed by atoms with Crippen molar-refractivity contribution in [3.63, 3.8) is 0 Å². The van der Waals surface area contributed by atoms with Gasteiger partial charge < -0.3 is 10.6 Å². The van der Waals surface area contributed by atoms with Gasteiger partial charge in [-0.3, -0.25) is 9.59 Å². The number of amides is 1. The second-order valence-electron chi connectivity index (χ2n) is 5.43. The Morgan fingerprint density at radius 1 is 1.21 bits per heavy atom. The highest BCUT2D eigenvalue weighted by Crippen LogP contribution is 2.10. The van der Waals surface area contributed by atoms with Crippen LogP contribution in [0, 0.1) is 0 Å². The molecule has 0 saturated carbocycles. The van der Waals surface area contributed by atoms with Crippen LogP contribution in [-0.4, -0.2) is 44.3 Å². The molecule has 0 fully saturated rings. The number of aldehydes is 1. The van der Waals surface area contributed by atoms with Crippen molar-refractivity contribution in [1.29, 1.82) is 0 Å². The van der Waals surface area contributed by atoms with Crippen LogP contribution in [0.2, 0.25) is 0 Å². The Balaban J connectivity index is 0. The molecule has 2 N–H and O–H groups in total. The standard InChI is InChI=1S/C17H27N2O4P.2C2H6/c1-3-6-16(18-12-24)17(21)19-15(11-23-22-2)9-13-7-4-5-8-14(13)10-20;2*1-2/h4-5,7-8,10,15-16,18H,3,6,9,11-12,24H2,1-2H3,(H,19,21);2*1-2H3. The minimum absolute atomic E-state index is 0.0763. The summed E-state index contributed by atoms with van der Waals surface area (Å²) in [6.45, 7) is 10.2. The lowest BCUT2D eigenvalue weighted by Crippen LogP contribution is -2.49. The van der Waals surface area contributed by atoms with E-state index in [2.05, 4.69) is 24.8 Å². The Kier molecular flexibility index (Phi) is 21.0. The normalized spacial score (nSPS) is 11.8. The fourth-order valence-electron chi connectivity index (χ4n) is 2.46. The van der Waals surface area contributed by atoms with E-state index in [1.54, 1.807) is 6.07 Å². The van der Waals surface area contributed by atoms with Crippen LogP contribution in [0.25, 0.3) is 0 Å². The highest BCUT2D eigenvalue weighted by Gasteiger charge is 2.21. The molecule has 0 radical (unpaired) electrons. The molecule has 0 aliphatic rings. The first-order valence-electron chi connectivity index (χ1n) is 10.1. The van der Waals surface area contributed by atoms with Gasteiger partial charge in [-0.1, -0.05) is 65.3 Å². The lowest BCUT2D eigenvalue weighted by Gasteiger charge is -2.23. The molecule has 1 aromatic rings. The van der Waals surface area contributed by atoms with Gasteiger partial charge in [0.1, 0.15) is 12.9 Å². The summed E-state index contributed by atoms with van der Waals surface area (Å²) < 4.78 is 0. The summed E-state index contributed by atoms with van der Waals surface area (Å²) in [5.74, 6) is -0.0763. The Morgan fingerprint density at radius 2 is 1.86 bits per heavy atom. The molecule has 0 bridgehead atoms. The van der Waals surface area contributed by atoms with E-state index in [1.807, 2.05) is 52.8 Å². The van der Waals surface area contributed by atoms with Crippen molar-refractivity contribution in [3.8, 4) is 0 Å². The first-order chi connectivity index (χ1) is 13.7. The minimum atomic E-state index is -0.288. The van der Waals surface area contributed by atoms with Crippen LogP contribution in [-0.2, 0) is 21.0 Å². The van der Waals surface area contributed by atoms with Crippen LogP contribution >= 0.6 is 9.24 Å². The molecule has 1 rings (SSSR count). The van der Waals surface area contributed by atoms with Gasteiger partial charge in [-0.2, -0.15) is 0 Å². The average Bonchev–Trinajstić information content (AvgIpc) is 2.75. The highest BCUT2D eigenvalue weighted by atomic mass is 31.0. The number of rotatable bonds is 12. The molecule has 0 heterocycles. The molecule has 6 nitrogen and oxygen atoms in total. The highest BCUT2D eigenvalue weighted by molar-refractivity contribution is 7.16. The van der Waals surface area contributed by atoms with Gasteiger partial charge in [0.15, 0.2) is 0 Å². The molecule has 0 saturated heterocycles. The Morgan fingerprint density at radius 3 is 2.39 bits per heavy atom. The summed E-state index contributed by atoms with van der Waals surface area (Å²) in [4.78, 5) is 33.3. The van der Waals surface area contributed by atoms with Crippen molar-refractivity contribution >= 4 is 21.4 Å². The number of carbonyl (C=O) groups excluding carboxylic acids is 2. The van der Waals surface area contributed by atoms with Gasteiger partial charge in [-0.15, -0.1) is 9.24 Å². The van der Waals surface area contributed by atoms with Gasteiger partial charge >= 0.3 is 0 Å². The molecule has 1 amide bonds. The molecule has 0 aromatic heterocycles. The maximum atomic E-state index is 12.5. The van der Waals surface area contributed by atoms with Crippen molar-refractivity contribution in [2.24, 2.45) is 0 Å². The van der Waals surface area contributed by atoms with E-state index >= 15 is 0 Å². The Bertz CT molecular complexity index is 509. The van der Waals surface area contributed by atoms with Gasteiger partial charge in [0.2, 0.25) is 5.91 Å². The molecule has 3 unspecified atom stereocenters. The number of carbonyl (C=O) groups is 2. The van der Waals surface area contributed by atoms with E-state index in [0.29, 0.717) is 18.3 Å². The Hall–Kier alpha value is -1.33. The second-order valence-corrected chi connectivity index (χ2v) is 5.84. The lowest BCUT2D eigenvalue weighted by molar-refractivity contribution is -0.275. The summed E-state index contributed by atoms with van der Waals surface area (Å²) in [5, 5.41) is 6.14. The predicted octanol–water partition coefficient (Wildman–Crippen LogP) is 3.75. The molecule has 1 aromatic carbocycles. The van der Waals surface area contributed by atoms with Gasteiger partial charge in [0.25, 0.3) is 0 Å². The summed E-state index contributed by atoms with van der Waals surface area (Å²) in [5.41, 5.74) is 1.48. The molecule has 3 atom stereocenters. The summed E-state index contributed by atoms with van der Waals surface area (Å²) in [7, 11) is 3.99. The van der Waals surface area contributed by atoms with E-state index < -0.39 is 0 Å². The molecule has 162 valence electrons. The van der Waals surface area contributed by atoms with Gasteiger partial charge in [-0.25, -0.2) is 9.78 Å². The quantitative estimate of drug-likeness (QED) is 0.236. The third kappa shape index (κ3) is 12.2. The van der Waals surface area contributed by atoms with Gasteiger partial charge in [-0.05, 0) is 18.4 Å². The maximum absolute atomic E-state index is 12.5. The molecule has 0 aliphatic carbocycles. The summed E-state index contributed by atoms with van der Waals surface area (Å²) in [6, 6.07) is 6.78. The van der Waals surface area contributed by atoms with Crippen LogP contribution < -0.4 is 10.6 Å². The first-order valence-corrected chi connectivity index (χ1v) is 10.9. The van der Waals surface area contributed by atoms with Crippen molar-refractivity contribution in [2.75, 3.05) is 20.0 Å². The minimum Gasteiger partial charge on any atom is -0.349 e. The maximum Gasteiger partial charge on any atom is 0.237 e. The monoisotopic (exact) mass is 414 g/mol. The third-order valence-electron chi connectivity index (χ3n) is 3.64. The third-order valence-corrected chi connectivity index (χ3v) is 3.88. The SMILES string of the molecule is CC.CC.CCCC(NCP)C(=O)NC(COOC)Cc1ccccc1C=O. The van der Waals surface area contributed by atoms with Crippen molar-refractivity contribution < 1.29 is 19.4 Å². The largest absolute Gasteiger partial charge is 0.349 e. The predicted molar refractivity (Wildman–Crippen MR) is 120 cm³/mol. The number of benzene rings is 1. The van der Waals surface area contributed by atoms with Crippen LogP contribution in [0.5, 0.6) is 0 Å². The Labute approximate surface area is 173 Å². The van der Waals surface area contributed by atoms with Crippen LogP contribution in [0.15, 0.2) is 24.3 Å². The van der Waals surface area contributed by atoms with Crippen LogP contribution in [0.1, 0.15) is 63.4 Å². The topological polar surface area (TPSA) is 76.7 Å². The smallest absolute Gasteiger partial charge is 0.237 e. The van der Waals surface area contributed by atoms with Crippen molar-refractivity contribution in [2.45, 2.75) is 66.0 Å². The summed E-state index contributed by atoms with van der Waals surface area (Å²) in [6.07, 6.45) is 3.61. The zero-order chi connectivity index (χ0) is 21.8. The van der Waals surface area contributed by atoms with E-state index in [0.717, 1.165) is 24.7 Å². The molecule has 28 heavy (non-hydrogen) atoms. The molecule has 7 heteroatoms. The fourth-order valence-corrected chi connectivity index (χ4v) is 2.75. The van der Waals surface area contributed by atoms with E-state index in [1.165, 1.54) is 7.11 Å². The number of hydrogen-bond acceptors (Lipinski definition) is 5. The lowest BCUT2D eigenvalue weighted by atomic mass is 10.0. The van der Waals surface area contributed by atoms with Crippen LogP contribution in [0.3, 0.4) is 0 Å². The van der Waals surface area contributed by atoms with E-state index in [4.69, 9.17) is 4.89 Å². The van der Waals surface area contributed by atoms with Crippen molar-refractivity contribution in [1.82, 2.24) is 10.6 Å². The molecule has 0 aliphatic heterocycles. The van der Waals surface area contributed by atoms with Gasteiger partial charge in [0, 0.05) is 11.8 Å². The fraction of sp³-hybridized carbons (Fsp3) is 0.619. The van der Waals surface area contributed by atoms with Gasteiger partial charge in [0.05, 0.1) is 19.2 Å². The summed E-state index contributed by atoms with van der Waals surface area (Å²) >= 11 is 0. The average molecular weight is 415 g/mol. The zero-order valence-electron chi connectivity index (χ0n) is 18.3.